The highest BCUT2D eigenvalue weighted by Gasteiger charge is 2.29. The predicted molar refractivity (Wildman–Crippen MR) is 68.4 cm³/mol. The van der Waals surface area contributed by atoms with Gasteiger partial charge in [0.15, 0.2) is 0 Å². The van der Waals surface area contributed by atoms with Crippen LogP contribution in [0.2, 0.25) is 0 Å². The van der Waals surface area contributed by atoms with Crippen LogP contribution in [0.4, 0.5) is 6.01 Å². The Morgan fingerprint density at radius 1 is 1.39 bits per heavy atom. The highest BCUT2D eigenvalue weighted by molar-refractivity contribution is 5.20. The highest BCUT2D eigenvalue weighted by atomic mass is 16.5. The van der Waals surface area contributed by atoms with Crippen LogP contribution in [0.5, 0.6) is 0 Å². The summed E-state index contributed by atoms with van der Waals surface area (Å²) in [6, 6.07) is 0.840. The molecular formula is C12H22N4O2. The van der Waals surface area contributed by atoms with Gasteiger partial charge in [0.25, 0.3) is 0 Å². The molecule has 1 atom stereocenters. The summed E-state index contributed by atoms with van der Waals surface area (Å²) in [7, 11) is 0. The Labute approximate surface area is 107 Å². The third-order valence-corrected chi connectivity index (χ3v) is 3.02. The van der Waals surface area contributed by atoms with Crippen LogP contribution in [0.25, 0.3) is 0 Å². The van der Waals surface area contributed by atoms with Crippen LogP contribution in [0.1, 0.15) is 39.5 Å². The summed E-state index contributed by atoms with van der Waals surface area (Å²) in [6.07, 6.45) is 1.91. The molecule has 1 aliphatic rings. The number of nitrogens with one attached hydrogen (secondary N) is 2. The van der Waals surface area contributed by atoms with Crippen LogP contribution in [0.3, 0.4) is 0 Å². The van der Waals surface area contributed by atoms with Crippen LogP contribution >= 0.6 is 0 Å². The molecule has 2 N–H and O–H groups in total. The van der Waals surface area contributed by atoms with Crippen molar-refractivity contribution in [3.63, 3.8) is 0 Å². The molecule has 0 amide bonds. The van der Waals surface area contributed by atoms with Gasteiger partial charge in [0.05, 0.1) is 12.1 Å². The van der Waals surface area contributed by atoms with Crippen molar-refractivity contribution in [3.8, 4) is 0 Å². The third kappa shape index (κ3) is 3.68. The minimum Gasteiger partial charge on any atom is -0.407 e. The van der Waals surface area contributed by atoms with Crippen molar-refractivity contribution in [2.24, 2.45) is 0 Å². The number of aromatic nitrogens is 2. The lowest BCUT2D eigenvalue weighted by molar-refractivity contribution is -0.0555. The van der Waals surface area contributed by atoms with Crippen molar-refractivity contribution in [3.05, 3.63) is 5.89 Å². The van der Waals surface area contributed by atoms with Crippen LogP contribution in [0, 0.1) is 0 Å². The first-order valence-corrected chi connectivity index (χ1v) is 6.52. The van der Waals surface area contributed by atoms with Gasteiger partial charge in [-0.3, -0.25) is 0 Å². The maximum atomic E-state index is 5.67. The summed E-state index contributed by atoms with van der Waals surface area (Å²) < 4.78 is 11.2. The van der Waals surface area contributed by atoms with Crippen molar-refractivity contribution in [2.45, 2.75) is 51.8 Å². The number of rotatable bonds is 5. The molecule has 102 valence electrons. The van der Waals surface area contributed by atoms with Crippen LogP contribution in [0.15, 0.2) is 4.42 Å². The predicted octanol–water partition coefficient (Wildman–Crippen LogP) is 1.55. The molecule has 0 spiro atoms. The van der Waals surface area contributed by atoms with Gasteiger partial charge in [-0.2, -0.15) is 0 Å². The summed E-state index contributed by atoms with van der Waals surface area (Å²) >= 11 is 0. The second-order valence-corrected chi connectivity index (χ2v) is 5.22. The number of hydrogen-bond acceptors (Lipinski definition) is 6. The standard InChI is InChI=1S/C12H22N4O2/c1-4-13-8-10-15-16-11(18-10)14-9-5-6-17-12(2,3)7-9/h9,13H,4-8H2,1-3H3,(H,14,16). The lowest BCUT2D eigenvalue weighted by atomic mass is 9.94. The molecular weight excluding hydrogens is 232 g/mol. The average molecular weight is 254 g/mol. The Bertz CT molecular complexity index is 378. The molecule has 18 heavy (non-hydrogen) atoms. The fourth-order valence-corrected chi connectivity index (χ4v) is 2.14. The molecule has 0 saturated carbocycles. The van der Waals surface area contributed by atoms with Gasteiger partial charge in [0.1, 0.15) is 0 Å². The van der Waals surface area contributed by atoms with E-state index < -0.39 is 0 Å². The maximum absolute atomic E-state index is 5.67. The van der Waals surface area contributed by atoms with Gasteiger partial charge in [-0.1, -0.05) is 12.0 Å². The number of hydrogen-bond donors (Lipinski definition) is 2. The van der Waals surface area contributed by atoms with Gasteiger partial charge in [0, 0.05) is 12.6 Å². The van der Waals surface area contributed by atoms with Gasteiger partial charge < -0.3 is 19.8 Å². The average Bonchev–Trinajstić information content (AvgIpc) is 2.73. The van der Waals surface area contributed by atoms with Gasteiger partial charge in [-0.05, 0) is 33.2 Å². The molecule has 0 bridgehead atoms. The lowest BCUT2D eigenvalue weighted by Gasteiger charge is -2.35. The smallest absolute Gasteiger partial charge is 0.315 e. The molecule has 2 rings (SSSR count). The van der Waals surface area contributed by atoms with Gasteiger partial charge in [-0.15, -0.1) is 5.10 Å². The molecule has 1 fully saturated rings. The van der Waals surface area contributed by atoms with Gasteiger partial charge in [0.2, 0.25) is 5.89 Å². The van der Waals surface area contributed by atoms with E-state index in [1.165, 1.54) is 0 Å². The molecule has 2 heterocycles. The monoisotopic (exact) mass is 254 g/mol. The first-order chi connectivity index (χ1) is 8.59. The van der Waals surface area contributed by atoms with E-state index >= 15 is 0 Å². The van der Waals surface area contributed by atoms with Crippen molar-refractivity contribution < 1.29 is 9.15 Å². The topological polar surface area (TPSA) is 72.2 Å². The maximum Gasteiger partial charge on any atom is 0.315 e. The van der Waals surface area contributed by atoms with E-state index in [9.17, 15) is 0 Å². The zero-order valence-electron chi connectivity index (χ0n) is 11.3. The molecule has 1 aliphatic heterocycles. The fraction of sp³-hybridized carbons (Fsp3) is 0.833. The van der Waals surface area contributed by atoms with Gasteiger partial charge in [-0.25, -0.2) is 0 Å². The Morgan fingerprint density at radius 3 is 2.94 bits per heavy atom. The van der Waals surface area contributed by atoms with Crippen LogP contribution < -0.4 is 10.6 Å². The number of anilines is 1. The van der Waals surface area contributed by atoms with E-state index in [-0.39, 0.29) is 5.60 Å². The minimum atomic E-state index is -0.0808. The first kappa shape index (κ1) is 13.3. The summed E-state index contributed by atoms with van der Waals surface area (Å²) in [4.78, 5) is 0. The van der Waals surface area contributed by atoms with Crippen molar-refractivity contribution in [1.29, 1.82) is 0 Å². The molecule has 6 heteroatoms. The third-order valence-electron chi connectivity index (χ3n) is 3.02. The van der Waals surface area contributed by atoms with E-state index in [1.54, 1.807) is 0 Å². The highest BCUT2D eigenvalue weighted by Crippen LogP contribution is 2.25. The van der Waals surface area contributed by atoms with E-state index in [1.807, 2.05) is 6.92 Å². The number of ether oxygens (including phenoxy) is 1. The Morgan fingerprint density at radius 2 is 2.22 bits per heavy atom. The molecule has 1 aromatic heterocycles. The van der Waals surface area contributed by atoms with Crippen LogP contribution in [-0.4, -0.2) is 35.0 Å². The zero-order chi connectivity index (χ0) is 13.0. The summed E-state index contributed by atoms with van der Waals surface area (Å²) in [5, 5.41) is 14.4. The number of nitrogens with zero attached hydrogens (tertiary/aromatic N) is 2. The van der Waals surface area contributed by atoms with Crippen LogP contribution in [-0.2, 0) is 11.3 Å². The van der Waals surface area contributed by atoms with E-state index in [4.69, 9.17) is 9.15 Å². The molecule has 0 radical (unpaired) electrons. The quantitative estimate of drug-likeness (QED) is 0.830. The molecule has 6 nitrogen and oxygen atoms in total. The van der Waals surface area contributed by atoms with Gasteiger partial charge >= 0.3 is 6.01 Å². The Balaban J connectivity index is 1.87. The fourth-order valence-electron chi connectivity index (χ4n) is 2.14. The van der Waals surface area contributed by atoms with Crippen molar-refractivity contribution in [2.75, 3.05) is 18.5 Å². The second kappa shape index (κ2) is 5.67. The second-order valence-electron chi connectivity index (χ2n) is 5.22. The van der Waals surface area contributed by atoms with Crippen molar-refractivity contribution >= 4 is 6.01 Å². The summed E-state index contributed by atoms with van der Waals surface area (Å²) in [5.74, 6) is 0.616. The molecule has 1 aromatic rings. The molecule has 1 unspecified atom stereocenters. The Kier molecular flexibility index (Phi) is 4.19. The lowest BCUT2D eigenvalue weighted by Crippen LogP contribution is -2.40. The summed E-state index contributed by atoms with van der Waals surface area (Å²) in [6.45, 7) is 8.52. The molecule has 0 aromatic carbocycles. The summed E-state index contributed by atoms with van der Waals surface area (Å²) in [5.41, 5.74) is -0.0808. The molecule has 1 saturated heterocycles. The Hall–Kier alpha value is -1.14. The van der Waals surface area contributed by atoms with E-state index in [0.29, 0.717) is 24.5 Å². The largest absolute Gasteiger partial charge is 0.407 e. The zero-order valence-corrected chi connectivity index (χ0v) is 11.3. The van der Waals surface area contributed by atoms with E-state index in [0.717, 1.165) is 26.0 Å². The van der Waals surface area contributed by atoms with E-state index in [2.05, 4.69) is 34.7 Å². The SMILES string of the molecule is CCNCc1nnc(NC2CCOC(C)(C)C2)o1. The first-order valence-electron chi connectivity index (χ1n) is 6.52. The molecule has 0 aliphatic carbocycles. The normalized spacial score (nSPS) is 22.9. The van der Waals surface area contributed by atoms with Crippen molar-refractivity contribution in [1.82, 2.24) is 15.5 Å². The minimum absolute atomic E-state index is 0.0808.